The second-order valence-corrected chi connectivity index (χ2v) is 7.34. The van der Waals surface area contributed by atoms with Crippen molar-refractivity contribution in [3.8, 4) is 0 Å². The smallest absolute Gasteiger partial charge is 0.274 e. The summed E-state index contributed by atoms with van der Waals surface area (Å²) in [5, 5.41) is 8.00. The van der Waals surface area contributed by atoms with E-state index in [-0.39, 0.29) is 24.4 Å². The van der Waals surface area contributed by atoms with Crippen molar-refractivity contribution in [3.63, 3.8) is 0 Å². The summed E-state index contributed by atoms with van der Waals surface area (Å²) in [7, 11) is 0. The average molecular weight is 379 g/mol. The van der Waals surface area contributed by atoms with Gasteiger partial charge in [0.25, 0.3) is 5.91 Å². The van der Waals surface area contributed by atoms with Crippen molar-refractivity contribution in [2.75, 3.05) is 19.6 Å². The first-order valence-electron chi connectivity index (χ1n) is 9.32. The number of carbonyl (C=O) groups is 1. The molecule has 26 heavy (non-hydrogen) atoms. The van der Waals surface area contributed by atoms with Crippen molar-refractivity contribution >= 4 is 18.3 Å². The lowest BCUT2D eigenvalue weighted by Gasteiger charge is -2.37. The third-order valence-corrected chi connectivity index (χ3v) is 5.47. The van der Waals surface area contributed by atoms with Crippen LogP contribution in [-0.4, -0.2) is 40.2 Å². The van der Waals surface area contributed by atoms with Crippen LogP contribution in [0, 0.1) is 5.92 Å². The van der Waals surface area contributed by atoms with E-state index in [1.807, 2.05) is 34.0 Å². The van der Waals surface area contributed by atoms with Gasteiger partial charge in [-0.3, -0.25) is 9.48 Å². The Labute approximate surface area is 160 Å². The van der Waals surface area contributed by atoms with Crippen molar-refractivity contribution in [1.29, 1.82) is 0 Å². The Balaban J connectivity index is 0.00000196. The average Bonchev–Trinajstić information content (AvgIpc) is 3.34. The zero-order chi connectivity index (χ0) is 17.2. The molecule has 0 aromatic carbocycles. The van der Waals surface area contributed by atoms with Gasteiger partial charge in [0.15, 0.2) is 0 Å². The number of nitrogens with zero attached hydrogens (tertiary/aromatic N) is 3. The standard InChI is InChI=1S/C19H26N4O2.ClH/c1-14-6-9-22(17(12-14)18-5-3-11-25-18)19(24)16-7-10-23(21-16)15-4-2-8-20-13-15;/h3,5,7,10-11,14-15,17,20H,2,4,6,8-9,12-13H2,1H3;1H. The summed E-state index contributed by atoms with van der Waals surface area (Å²) in [5.74, 6) is 1.47. The van der Waals surface area contributed by atoms with Gasteiger partial charge in [0, 0.05) is 19.3 Å². The zero-order valence-electron chi connectivity index (χ0n) is 15.1. The van der Waals surface area contributed by atoms with Gasteiger partial charge in [0.2, 0.25) is 0 Å². The molecule has 2 aromatic rings. The van der Waals surface area contributed by atoms with Gasteiger partial charge in [-0.1, -0.05) is 6.92 Å². The van der Waals surface area contributed by atoms with E-state index < -0.39 is 0 Å². The fourth-order valence-electron chi connectivity index (χ4n) is 4.00. The van der Waals surface area contributed by atoms with Crippen LogP contribution >= 0.6 is 12.4 Å². The first-order chi connectivity index (χ1) is 12.2. The second-order valence-electron chi connectivity index (χ2n) is 7.34. The topological polar surface area (TPSA) is 63.3 Å². The Hall–Kier alpha value is -1.79. The molecule has 3 unspecified atom stereocenters. The molecule has 4 heterocycles. The van der Waals surface area contributed by atoms with Gasteiger partial charge >= 0.3 is 0 Å². The number of aromatic nitrogens is 2. The highest BCUT2D eigenvalue weighted by atomic mass is 35.5. The summed E-state index contributed by atoms with van der Waals surface area (Å²) in [4.78, 5) is 15.0. The molecule has 2 fully saturated rings. The Bertz CT molecular complexity index is 709. The summed E-state index contributed by atoms with van der Waals surface area (Å²) in [5.41, 5.74) is 0.539. The number of furan rings is 1. The zero-order valence-corrected chi connectivity index (χ0v) is 16.0. The highest BCUT2D eigenvalue weighted by Crippen LogP contribution is 2.35. The first-order valence-corrected chi connectivity index (χ1v) is 9.32. The Morgan fingerprint density at radius 2 is 2.23 bits per heavy atom. The molecule has 2 saturated heterocycles. The molecule has 0 saturated carbocycles. The lowest BCUT2D eigenvalue weighted by atomic mass is 9.91. The lowest BCUT2D eigenvalue weighted by Crippen LogP contribution is -2.40. The fraction of sp³-hybridized carbons (Fsp3) is 0.579. The van der Waals surface area contributed by atoms with Gasteiger partial charge in [0.1, 0.15) is 11.5 Å². The Kier molecular flexibility index (Phi) is 6.04. The highest BCUT2D eigenvalue weighted by molar-refractivity contribution is 5.92. The molecule has 3 atom stereocenters. The van der Waals surface area contributed by atoms with Crippen molar-refractivity contribution < 1.29 is 9.21 Å². The van der Waals surface area contributed by atoms with Crippen LogP contribution in [0.2, 0.25) is 0 Å². The summed E-state index contributed by atoms with van der Waals surface area (Å²) >= 11 is 0. The van der Waals surface area contributed by atoms with E-state index in [9.17, 15) is 4.79 Å². The minimum absolute atomic E-state index is 0. The summed E-state index contributed by atoms with van der Waals surface area (Å²) in [6.45, 7) is 4.98. The highest BCUT2D eigenvalue weighted by Gasteiger charge is 2.34. The van der Waals surface area contributed by atoms with Gasteiger partial charge in [0.05, 0.1) is 18.3 Å². The molecule has 0 aliphatic carbocycles. The number of hydrogen-bond acceptors (Lipinski definition) is 4. The molecule has 2 aliphatic heterocycles. The number of halogens is 1. The van der Waals surface area contributed by atoms with E-state index in [1.165, 1.54) is 0 Å². The maximum Gasteiger partial charge on any atom is 0.274 e. The summed E-state index contributed by atoms with van der Waals surface area (Å²) in [6, 6.07) is 6.07. The van der Waals surface area contributed by atoms with E-state index in [0.29, 0.717) is 17.7 Å². The van der Waals surface area contributed by atoms with E-state index in [4.69, 9.17) is 4.42 Å². The maximum absolute atomic E-state index is 13.1. The molecule has 6 nitrogen and oxygen atoms in total. The molecule has 4 rings (SSSR count). The fourth-order valence-corrected chi connectivity index (χ4v) is 4.00. The normalized spacial score (nSPS) is 26.3. The van der Waals surface area contributed by atoms with Crippen LogP contribution in [-0.2, 0) is 0 Å². The van der Waals surface area contributed by atoms with Crippen molar-refractivity contribution in [3.05, 3.63) is 42.1 Å². The van der Waals surface area contributed by atoms with Crippen LogP contribution in [0.15, 0.2) is 35.1 Å². The first kappa shape index (κ1) is 19.0. The molecular formula is C19H27ClN4O2. The van der Waals surface area contributed by atoms with Crippen molar-refractivity contribution in [2.45, 2.75) is 44.7 Å². The van der Waals surface area contributed by atoms with Gasteiger partial charge in [-0.2, -0.15) is 5.10 Å². The third kappa shape index (κ3) is 3.81. The molecule has 2 aromatic heterocycles. The molecule has 1 amide bonds. The van der Waals surface area contributed by atoms with Crippen LogP contribution in [0.25, 0.3) is 0 Å². The van der Waals surface area contributed by atoms with E-state index in [2.05, 4.69) is 17.3 Å². The minimum atomic E-state index is 0. The largest absolute Gasteiger partial charge is 0.467 e. The SMILES string of the molecule is CC1CCN(C(=O)c2ccn(C3CCCNC3)n2)C(c2ccco2)C1.Cl. The van der Waals surface area contributed by atoms with Gasteiger partial charge in [-0.05, 0) is 56.3 Å². The predicted octanol–water partition coefficient (Wildman–Crippen LogP) is 3.44. The van der Waals surface area contributed by atoms with E-state index >= 15 is 0 Å². The van der Waals surface area contributed by atoms with E-state index in [1.54, 1.807) is 6.26 Å². The molecule has 0 spiro atoms. The quantitative estimate of drug-likeness (QED) is 0.888. The van der Waals surface area contributed by atoms with Crippen LogP contribution in [0.4, 0.5) is 0 Å². The Morgan fingerprint density at radius 1 is 1.35 bits per heavy atom. The van der Waals surface area contributed by atoms with Gasteiger partial charge in [-0.15, -0.1) is 12.4 Å². The van der Waals surface area contributed by atoms with Crippen LogP contribution in [0.1, 0.15) is 60.9 Å². The number of amides is 1. The van der Waals surface area contributed by atoms with Crippen molar-refractivity contribution in [2.24, 2.45) is 5.92 Å². The van der Waals surface area contributed by atoms with Crippen LogP contribution < -0.4 is 5.32 Å². The van der Waals surface area contributed by atoms with Crippen molar-refractivity contribution in [1.82, 2.24) is 20.0 Å². The predicted molar refractivity (Wildman–Crippen MR) is 101 cm³/mol. The molecule has 0 bridgehead atoms. The molecule has 1 N–H and O–H groups in total. The van der Waals surface area contributed by atoms with Crippen LogP contribution in [0.5, 0.6) is 0 Å². The van der Waals surface area contributed by atoms with Gasteiger partial charge in [-0.25, -0.2) is 0 Å². The second kappa shape index (κ2) is 8.27. The molecule has 142 valence electrons. The molecule has 2 aliphatic rings. The van der Waals surface area contributed by atoms with Crippen LogP contribution in [0.3, 0.4) is 0 Å². The maximum atomic E-state index is 13.1. The number of hydrogen-bond donors (Lipinski definition) is 1. The molecule has 7 heteroatoms. The lowest BCUT2D eigenvalue weighted by molar-refractivity contribution is 0.0513. The third-order valence-electron chi connectivity index (χ3n) is 5.47. The molecule has 0 radical (unpaired) electrons. The number of carbonyl (C=O) groups excluding carboxylic acids is 1. The number of piperidine rings is 2. The summed E-state index contributed by atoms with van der Waals surface area (Å²) in [6.07, 6.45) is 7.85. The summed E-state index contributed by atoms with van der Waals surface area (Å²) < 4.78 is 7.56. The number of nitrogens with one attached hydrogen (secondary N) is 1. The molecular weight excluding hydrogens is 352 g/mol. The monoisotopic (exact) mass is 378 g/mol. The number of rotatable bonds is 3. The Morgan fingerprint density at radius 3 is 2.96 bits per heavy atom. The van der Waals surface area contributed by atoms with Gasteiger partial charge < -0.3 is 14.6 Å². The number of likely N-dealkylation sites (tertiary alicyclic amines) is 1. The minimum Gasteiger partial charge on any atom is -0.467 e. The van der Waals surface area contributed by atoms with E-state index in [0.717, 1.165) is 51.1 Å².